The first-order valence-corrected chi connectivity index (χ1v) is 6.22. The SMILES string of the molecule is Nc1c2c(nc3[nH]ncc13)CCN(CCCl)C2=O. The predicted octanol–water partition coefficient (Wildman–Crippen LogP) is 0.777. The molecule has 18 heavy (non-hydrogen) atoms. The maximum atomic E-state index is 12.3. The average molecular weight is 266 g/mol. The highest BCUT2D eigenvalue weighted by Crippen LogP contribution is 2.28. The van der Waals surface area contributed by atoms with E-state index in [9.17, 15) is 4.79 Å². The quantitative estimate of drug-likeness (QED) is 0.786. The van der Waals surface area contributed by atoms with E-state index in [2.05, 4.69) is 15.2 Å². The summed E-state index contributed by atoms with van der Waals surface area (Å²) >= 11 is 5.69. The van der Waals surface area contributed by atoms with Crippen molar-refractivity contribution < 1.29 is 4.79 Å². The van der Waals surface area contributed by atoms with Gasteiger partial charge in [-0.15, -0.1) is 11.6 Å². The zero-order valence-electron chi connectivity index (χ0n) is 9.61. The number of H-pyrrole nitrogens is 1. The number of nitrogen functional groups attached to an aromatic ring is 1. The van der Waals surface area contributed by atoms with Crippen LogP contribution in [-0.2, 0) is 6.42 Å². The van der Waals surface area contributed by atoms with Crippen LogP contribution in [0.1, 0.15) is 16.1 Å². The lowest BCUT2D eigenvalue weighted by molar-refractivity contribution is 0.0750. The lowest BCUT2D eigenvalue weighted by atomic mass is 10.0. The molecule has 2 aromatic heterocycles. The number of hydrogen-bond donors (Lipinski definition) is 2. The Balaban J connectivity index is 2.16. The standard InChI is InChI=1S/C11H12ClN5O/c12-2-4-17-3-1-7-8(11(17)18)9(13)6-5-14-16-10(6)15-7/h5H,1-4H2,(H3,13,14,15,16). The number of rotatable bonds is 2. The summed E-state index contributed by atoms with van der Waals surface area (Å²) in [6.07, 6.45) is 2.28. The largest absolute Gasteiger partial charge is 0.397 e. The van der Waals surface area contributed by atoms with Crippen molar-refractivity contribution >= 4 is 34.2 Å². The van der Waals surface area contributed by atoms with Crippen LogP contribution in [0.4, 0.5) is 5.69 Å². The van der Waals surface area contributed by atoms with Crippen molar-refractivity contribution in [3.63, 3.8) is 0 Å². The minimum absolute atomic E-state index is 0.0926. The molecule has 2 aromatic rings. The highest BCUT2D eigenvalue weighted by Gasteiger charge is 2.28. The Kier molecular flexibility index (Phi) is 2.59. The molecule has 1 aliphatic rings. The number of amides is 1. The van der Waals surface area contributed by atoms with Crippen LogP contribution in [0.2, 0.25) is 0 Å². The number of carbonyl (C=O) groups excluding carboxylic acids is 1. The monoisotopic (exact) mass is 265 g/mol. The van der Waals surface area contributed by atoms with Crippen LogP contribution < -0.4 is 5.73 Å². The second-order valence-corrected chi connectivity index (χ2v) is 4.59. The molecule has 94 valence electrons. The Hall–Kier alpha value is -1.82. The molecule has 6 nitrogen and oxygen atoms in total. The molecular formula is C11H12ClN5O. The number of nitrogens with two attached hydrogens (primary N) is 1. The predicted molar refractivity (Wildman–Crippen MR) is 68.6 cm³/mol. The molecule has 0 atom stereocenters. The van der Waals surface area contributed by atoms with Crippen LogP contribution in [0.25, 0.3) is 11.0 Å². The second kappa shape index (κ2) is 4.13. The van der Waals surface area contributed by atoms with Crippen molar-refractivity contribution in [2.45, 2.75) is 6.42 Å². The Morgan fingerprint density at radius 3 is 3.17 bits per heavy atom. The molecule has 0 spiro atoms. The summed E-state index contributed by atoms with van der Waals surface area (Å²) in [6, 6.07) is 0. The van der Waals surface area contributed by atoms with Gasteiger partial charge in [0.05, 0.1) is 28.5 Å². The topological polar surface area (TPSA) is 87.9 Å². The molecule has 0 aromatic carbocycles. The fourth-order valence-corrected chi connectivity index (χ4v) is 2.48. The third-order valence-electron chi connectivity index (χ3n) is 3.19. The summed E-state index contributed by atoms with van der Waals surface area (Å²) in [5, 5.41) is 7.36. The van der Waals surface area contributed by atoms with Gasteiger partial charge in [0.15, 0.2) is 5.65 Å². The highest BCUT2D eigenvalue weighted by molar-refractivity contribution is 6.18. The van der Waals surface area contributed by atoms with Crippen molar-refractivity contribution in [1.29, 1.82) is 0 Å². The minimum atomic E-state index is -0.0926. The third-order valence-corrected chi connectivity index (χ3v) is 3.36. The van der Waals surface area contributed by atoms with E-state index >= 15 is 0 Å². The van der Waals surface area contributed by atoms with Crippen LogP contribution in [-0.4, -0.2) is 45.0 Å². The lowest BCUT2D eigenvalue weighted by Crippen LogP contribution is -2.39. The number of aromatic nitrogens is 3. The van der Waals surface area contributed by atoms with Crippen LogP contribution in [0.5, 0.6) is 0 Å². The van der Waals surface area contributed by atoms with Gasteiger partial charge in [0.2, 0.25) is 0 Å². The van der Waals surface area contributed by atoms with Gasteiger partial charge in [-0.3, -0.25) is 9.89 Å². The zero-order chi connectivity index (χ0) is 12.7. The van der Waals surface area contributed by atoms with Gasteiger partial charge in [-0.2, -0.15) is 5.10 Å². The summed E-state index contributed by atoms with van der Waals surface area (Å²) in [4.78, 5) is 18.4. The fourth-order valence-electron chi connectivity index (χ4n) is 2.28. The van der Waals surface area contributed by atoms with Gasteiger partial charge in [-0.25, -0.2) is 4.98 Å². The van der Waals surface area contributed by atoms with Crippen molar-refractivity contribution in [1.82, 2.24) is 20.1 Å². The molecule has 7 heteroatoms. The normalized spacial score (nSPS) is 15.2. The summed E-state index contributed by atoms with van der Waals surface area (Å²) in [6.45, 7) is 1.16. The third kappa shape index (κ3) is 1.53. The molecule has 0 unspecified atom stereocenters. The van der Waals surface area contributed by atoms with Gasteiger partial charge in [0.25, 0.3) is 5.91 Å². The number of alkyl halides is 1. The number of nitrogens with one attached hydrogen (secondary N) is 1. The second-order valence-electron chi connectivity index (χ2n) is 4.21. The maximum absolute atomic E-state index is 12.3. The molecule has 1 amide bonds. The molecule has 1 aliphatic heterocycles. The van der Waals surface area contributed by atoms with Gasteiger partial charge in [-0.05, 0) is 0 Å². The van der Waals surface area contributed by atoms with E-state index < -0.39 is 0 Å². The maximum Gasteiger partial charge on any atom is 0.257 e. The van der Waals surface area contributed by atoms with Crippen LogP contribution >= 0.6 is 11.6 Å². The number of fused-ring (bicyclic) bond motifs is 2. The zero-order valence-corrected chi connectivity index (χ0v) is 10.4. The first kappa shape index (κ1) is 11.3. The molecule has 0 saturated heterocycles. The number of aromatic amines is 1. The summed E-state index contributed by atoms with van der Waals surface area (Å²) in [5.74, 6) is 0.326. The molecule has 0 aliphatic carbocycles. The molecule has 0 radical (unpaired) electrons. The molecule has 0 saturated carbocycles. The molecule has 3 N–H and O–H groups in total. The van der Waals surface area contributed by atoms with E-state index in [0.29, 0.717) is 47.7 Å². The average Bonchev–Trinajstić information content (AvgIpc) is 2.81. The van der Waals surface area contributed by atoms with Crippen LogP contribution in [0.3, 0.4) is 0 Å². The first-order chi connectivity index (χ1) is 8.72. The number of carbonyl (C=O) groups is 1. The number of hydrogen-bond acceptors (Lipinski definition) is 4. The van der Waals surface area contributed by atoms with E-state index in [1.54, 1.807) is 11.1 Å². The van der Waals surface area contributed by atoms with E-state index in [1.165, 1.54) is 0 Å². The smallest absolute Gasteiger partial charge is 0.257 e. The lowest BCUT2D eigenvalue weighted by Gasteiger charge is -2.28. The van der Waals surface area contributed by atoms with Crippen LogP contribution in [0.15, 0.2) is 6.20 Å². The van der Waals surface area contributed by atoms with Gasteiger partial charge < -0.3 is 10.6 Å². The van der Waals surface area contributed by atoms with Gasteiger partial charge in [0.1, 0.15) is 0 Å². The van der Waals surface area contributed by atoms with Crippen LogP contribution in [0, 0.1) is 0 Å². The molecule has 3 heterocycles. The van der Waals surface area contributed by atoms with Crippen molar-refractivity contribution in [2.75, 3.05) is 24.7 Å². The van der Waals surface area contributed by atoms with Crippen molar-refractivity contribution in [2.24, 2.45) is 0 Å². The van der Waals surface area contributed by atoms with E-state index in [-0.39, 0.29) is 5.91 Å². The summed E-state index contributed by atoms with van der Waals surface area (Å²) in [5.41, 5.74) is 8.37. The first-order valence-electron chi connectivity index (χ1n) is 5.69. The van der Waals surface area contributed by atoms with Gasteiger partial charge in [-0.1, -0.05) is 0 Å². The number of halogens is 1. The molecular weight excluding hydrogens is 254 g/mol. The summed E-state index contributed by atoms with van der Waals surface area (Å²) in [7, 11) is 0. The van der Waals surface area contributed by atoms with E-state index in [4.69, 9.17) is 17.3 Å². The van der Waals surface area contributed by atoms with Crippen molar-refractivity contribution in [3.05, 3.63) is 17.5 Å². The highest BCUT2D eigenvalue weighted by atomic mass is 35.5. The molecule has 0 bridgehead atoms. The number of pyridine rings is 1. The Morgan fingerprint density at radius 2 is 2.39 bits per heavy atom. The van der Waals surface area contributed by atoms with Crippen molar-refractivity contribution in [3.8, 4) is 0 Å². The molecule has 0 fully saturated rings. The minimum Gasteiger partial charge on any atom is -0.397 e. The number of anilines is 1. The van der Waals surface area contributed by atoms with E-state index in [0.717, 1.165) is 5.69 Å². The summed E-state index contributed by atoms with van der Waals surface area (Å²) < 4.78 is 0. The van der Waals surface area contributed by atoms with Gasteiger partial charge in [0, 0.05) is 25.4 Å². The van der Waals surface area contributed by atoms with E-state index in [1.807, 2.05) is 0 Å². The Labute approximate surface area is 108 Å². The number of nitrogens with zero attached hydrogens (tertiary/aromatic N) is 3. The fraction of sp³-hybridized carbons (Fsp3) is 0.364. The Morgan fingerprint density at radius 1 is 1.56 bits per heavy atom. The Bertz CT molecular complexity index is 623. The van der Waals surface area contributed by atoms with Gasteiger partial charge >= 0.3 is 0 Å². The molecule has 3 rings (SSSR count).